The number of benzene rings is 2. The van der Waals surface area contributed by atoms with E-state index in [1.807, 2.05) is 60.7 Å². The van der Waals surface area contributed by atoms with E-state index in [1.54, 1.807) is 0 Å². The van der Waals surface area contributed by atoms with Gasteiger partial charge in [-0.15, -0.1) is 0 Å². The Hall–Kier alpha value is -2.07. The van der Waals surface area contributed by atoms with Crippen molar-refractivity contribution in [2.24, 2.45) is 0 Å². The molecule has 20 heavy (non-hydrogen) atoms. The van der Waals surface area contributed by atoms with Crippen LogP contribution in [0.4, 0.5) is 0 Å². The third-order valence-electron chi connectivity index (χ3n) is 2.80. The highest BCUT2D eigenvalue weighted by atomic mass is 79.9. The molecule has 0 aliphatic rings. The Labute approximate surface area is 125 Å². The molecule has 0 unspecified atom stereocenters. The molecule has 100 valence electrons. The van der Waals surface area contributed by atoms with E-state index >= 15 is 0 Å². The van der Waals surface area contributed by atoms with Gasteiger partial charge in [-0.2, -0.15) is 0 Å². The van der Waals surface area contributed by atoms with E-state index in [0.717, 1.165) is 28.5 Å². The highest BCUT2D eigenvalue weighted by Crippen LogP contribution is 2.27. The quantitative estimate of drug-likeness (QED) is 0.630. The van der Waals surface area contributed by atoms with Gasteiger partial charge < -0.3 is 9.26 Å². The summed E-state index contributed by atoms with van der Waals surface area (Å²) in [4.78, 5) is 0. The van der Waals surface area contributed by atoms with Crippen LogP contribution in [0.3, 0.4) is 0 Å². The molecule has 4 heteroatoms. The van der Waals surface area contributed by atoms with Crippen LogP contribution < -0.4 is 4.74 Å². The van der Waals surface area contributed by atoms with E-state index in [-0.39, 0.29) is 0 Å². The van der Waals surface area contributed by atoms with Crippen LogP contribution in [0.15, 0.2) is 65.2 Å². The summed E-state index contributed by atoms with van der Waals surface area (Å²) in [7, 11) is 0. The highest BCUT2D eigenvalue weighted by molar-refractivity contribution is 9.08. The monoisotopic (exact) mass is 329 g/mol. The molecule has 3 nitrogen and oxygen atoms in total. The van der Waals surface area contributed by atoms with Gasteiger partial charge in [0.25, 0.3) is 0 Å². The first kappa shape index (κ1) is 12.9. The Balaban J connectivity index is 1.86. The summed E-state index contributed by atoms with van der Waals surface area (Å²) >= 11 is 3.34. The average Bonchev–Trinajstić information content (AvgIpc) is 2.98. The van der Waals surface area contributed by atoms with Gasteiger partial charge in [0.05, 0.1) is 5.33 Å². The minimum atomic E-state index is 0.653. The van der Waals surface area contributed by atoms with Crippen LogP contribution >= 0.6 is 15.9 Å². The number of alkyl halides is 1. The molecule has 2 aromatic carbocycles. The molecule has 0 amide bonds. The van der Waals surface area contributed by atoms with Gasteiger partial charge in [0.2, 0.25) is 0 Å². The third kappa shape index (κ3) is 2.91. The average molecular weight is 330 g/mol. The number of nitrogens with zero attached hydrogens (tertiary/aromatic N) is 1. The van der Waals surface area contributed by atoms with Crippen molar-refractivity contribution in [3.05, 3.63) is 66.4 Å². The lowest BCUT2D eigenvalue weighted by atomic mass is 10.1. The van der Waals surface area contributed by atoms with Crippen LogP contribution in [-0.2, 0) is 5.33 Å². The van der Waals surface area contributed by atoms with Crippen LogP contribution in [0, 0.1) is 0 Å². The summed E-state index contributed by atoms with van der Waals surface area (Å²) in [6, 6.07) is 19.4. The minimum Gasteiger partial charge on any atom is -0.457 e. The predicted octanol–water partition coefficient (Wildman–Crippen LogP) is 5.03. The molecule has 0 bridgehead atoms. The molecular weight excluding hydrogens is 318 g/mol. The van der Waals surface area contributed by atoms with Crippen molar-refractivity contribution in [2.45, 2.75) is 5.33 Å². The first-order valence-electron chi connectivity index (χ1n) is 6.20. The SMILES string of the molecule is BrCc1cc(-c2cccc(Oc3ccccc3)c2)no1. The van der Waals surface area contributed by atoms with Gasteiger partial charge in [-0.25, -0.2) is 0 Å². The summed E-state index contributed by atoms with van der Waals surface area (Å²) in [5, 5.41) is 4.70. The van der Waals surface area contributed by atoms with Crippen LogP contribution in [0.25, 0.3) is 11.3 Å². The molecule has 0 saturated heterocycles. The van der Waals surface area contributed by atoms with Crippen molar-refractivity contribution in [1.29, 1.82) is 0 Å². The molecule has 1 heterocycles. The molecule has 0 N–H and O–H groups in total. The molecular formula is C16H12BrNO2. The van der Waals surface area contributed by atoms with Gasteiger partial charge in [0.1, 0.15) is 23.0 Å². The Morgan fingerprint density at radius 1 is 0.950 bits per heavy atom. The first-order chi connectivity index (χ1) is 9.85. The Bertz CT molecular complexity index is 694. The molecule has 0 spiro atoms. The molecule has 3 aromatic rings. The number of halogens is 1. The van der Waals surface area contributed by atoms with E-state index in [0.29, 0.717) is 5.33 Å². The number of hydrogen-bond acceptors (Lipinski definition) is 3. The van der Waals surface area contributed by atoms with Gasteiger partial charge in [-0.1, -0.05) is 51.4 Å². The van der Waals surface area contributed by atoms with Crippen molar-refractivity contribution >= 4 is 15.9 Å². The molecule has 0 atom stereocenters. The lowest BCUT2D eigenvalue weighted by Crippen LogP contribution is -1.84. The molecule has 0 saturated carbocycles. The predicted molar refractivity (Wildman–Crippen MR) is 81.1 cm³/mol. The fourth-order valence-corrected chi connectivity index (χ4v) is 2.12. The van der Waals surface area contributed by atoms with Crippen molar-refractivity contribution in [1.82, 2.24) is 5.16 Å². The van der Waals surface area contributed by atoms with Gasteiger partial charge in [-0.05, 0) is 24.3 Å². The number of rotatable bonds is 4. The Kier molecular flexibility index (Phi) is 3.83. The number of hydrogen-bond donors (Lipinski definition) is 0. The molecule has 1 aromatic heterocycles. The van der Waals surface area contributed by atoms with Crippen LogP contribution in [-0.4, -0.2) is 5.16 Å². The molecule has 0 aliphatic heterocycles. The zero-order valence-corrected chi connectivity index (χ0v) is 12.2. The maximum Gasteiger partial charge on any atom is 0.147 e. The van der Waals surface area contributed by atoms with E-state index in [1.165, 1.54) is 0 Å². The fourth-order valence-electron chi connectivity index (χ4n) is 1.86. The summed E-state index contributed by atoms with van der Waals surface area (Å²) < 4.78 is 11.0. The van der Waals surface area contributed by atoms with E-state index in [9.17, 15) is 0 Å². The lowest BCUT2D eigenvalue weighted by Gasteiger charge is -2.06. The van der Waals surface area contributed by atoms with Gasteiger partial charge in [0, 0.05) is 11.6 Å². The van der Waals surface area contributed by atoms with Crippen molar-refractivity contribution in [2.75, 3.05) is 0 Å². The van der Waals surface area contributed by atoms with Crippen molar-refractivity contribution in [3.8, 4) is 22.8 Å². The number of ether oxygens (including phenoxy) is 1. The maximum absolute atomic E-state index is 5.81. The van der Waals surface area contributed by atoms with E-state index < -0.39 is 0 Å². The number of aromatic nitrogens is 1. The smallest absolute Gasteiger partial charge is 0.147 e. The van der Waals surface area contributed by atoms with Crippen molar-refractivity contribution in [3.63, 3.8) is 0 Å². The largest absolute Gasteiger partial charge is 0.457 e. The Morgan fingerprint density at radius 3 is 2.50 bits per heavy atom. The summed E-state index contributed by atoms with van der Waals surface area (Å²) in [6.45, 7) is 0. The summed E-state index contributed by atoms with van der Waals surface area (Å²) in [6.07, 6.45) is 0. The maximum atomic E-state index is 5.81. The van der Waals surface area contributed by atoms with Gasteiger partial charge in [0.15, 0.2) is 0 Å². The Morgan fingerprint density at radius 2 is 1.75 bits per heavy atom. The third-order valence-corrected chi connectivity index (χ3v) is 3.35. The second kappa shape index (κ2) is 5.92. The van der Waals surface area contributed by atoms with Gasteiger partial charge in [-0.3, -0.25) is 0 Å². The fraction of sp³-hybridized carbons (Fsp3) is 0.0625. The molecule has 0 radical (unpaired) electrons. The minimum absolute atomic E-state index is 0.653. The summed E-state index contributed by atoms with van der Waals surface area (Å²) in [5.74, 6) is 2.39. The van der Waals surface area contributed by atoms with Crippen LogP contribution in [0.2, 0.25) is 0 Å². The van der Waals surface area contributed by atoms with Crippen molar-refractivity contribution < 1.29 is 9.26 Å². The lowest BCUT2D eigenvalue weighted by molar-refractivity contribution is 0.398. The second-order valence-electron chi connectivity index (χ2n) is 4.26. The summed E-state index contributed by atoms with van der Waals surface area (Å²) in [5.41, 5.74) is 1.77. The van der Waals surface area contributed by atoms with E-state index in [2.05, 4.69) is 21.1 Å². The number of para-hydroxylation sites is 1. The molecule has 0 fully saturated rings. The van der Waals surface area contributed by atoms with Gasteiger partial charge >= 0.3 is 0 Å². The standard InChI is InChI=1S/C16H12BrNO2/c17-11-15-10-16(18-20-15)12-5-4-8-14(9-12)19-13-6-2-1-3-7-13/h1-10H,11H2. The van der Waals surface area contributed by atoms with Crippen LogP contribution in [0.1, 0.15) is 5.76 Å². The molecule has 3 rings (SSSR count). The first-order valence-corrected chi connectivity index (χ1v) is 7.32. The normalized spacial score (nSPS) is 10.4. The highest BCUT2D eigenvalue weighted by Gasteiger charge is 2.07. The zero-order chi connectivity index (χ0) is 13.8. The molecule has 0 aliphatic carbocycles. The topological polar surface area (TPSA) is 35.3 Å². The second-order valence-corrected chi connectivity index (χ2v) is 4.82. The van der Waals surface area contributed by atoms with Crippen LogP contribution in [0.5, 0.6) is 11.5 Å². The zero-order valence-electron chi connectivity index (χ0n) is 10.6. The van der Waals surface area contributed by atoms with E-state index in [4.69, 9.17) is 9.26 Å².